The molecule has 0 fully saturated rings. The average Bonchev–Trinajstić information content (AvgIpc) is 2.79. The number of carbonyl (C=O) groups excluding carboxylic acids is 1. The summed E-state index contributed by atoms with van der Waals surface area (Å²) < 4.78 is 0. The van der Waals surface area contributed by atoms with Crippen LogP contribution in [-0.2, 0) is 5.75 Å². The van der Waals surface area contributed by atoms with Gasteiger partial charge in [0.05, 0.1) is 11.2 Å². The highest BCUT2D eigenvalue weighted by Gasteiger charge is 2.02. The van der Waals surface area contributed by atoms with E-state index in [1.165, 1.54) is 0 Å². The maximum absolute atomic E-state index is 11.2. The fraction of sp³-hybridized carbons (Fsp3) is 0.167. The minimum atomic E-state index is 0.108. The average molecular weight is 249 g/mol. The molecule has 0 saturated carbocycles. The quantitative estimate of drug-likeness (QED) is 0.612. The number of thioether (sulfide) groups is 1. The predicted molar refractivity (Wildman–Crippen MR) is 68.1 cm³/mol. The van der Waals surface area contributed by atoms with Gasteiger partial charge in [-0.15, -0.1) is 23.1 Å². The highest BCUT2D eigenvalue weighted by atomic mass is 32.2. The zero-order chi connectivity index (χ0) is 11.4. The molecule has 0 aliphatic rings. The van der Waals surface area contributed by atoms with E-state index in [0.29, 0.717) is 0 Å². The number of Topliss-reactive ketones (excluding diaryl/α,β-unsaturated/α-hetero) is 1. The molecule has 0 amide bonds. The molecule has 0 N–H and O–H groups in total. The van der Waals surface area contributed by atoms with Gasteiger partial charge in [0.1, 0.15) is 0 Å². The van der Waals surface area contributed by atoms with Crippen LogP contribution < -0.4 is 0 Å². The molecule has 0 spiro atoms. The Morgan fingerprint density at radius 2 is 2.38 bits per heavy atom. The SMILES string of the molecule is CC(=O)c1cccc(SCc2cscn2)c1. The fourth-order valence-electron chi connectivity index (χ4n) is 1.27. The highest BCUT2D eigenvalue weighted by Crippen LogP contribution is 2.23. The molecule has 2 rings (SSSR count). The molecule has 82 valence electrons. The summed E-state index contributed by atoms with van der Waals surface area (Å²) in [5.41, 5.74) is 3.69. The van der Waals surface area contributed by atoms with E-state index < -0.39 is 0 Å². The normalized spacial score (nSPS) is 10.3. The van der Waals surface area contributed by atoms with Crippen LogP contribution in [0.25, 0.3) is 0 Å². The summed E-state index contributed by atoms with van der Waals surface area (Å²) in [6.07, 6.45) is 0. The summed E-state index contributed by atoms with van der Waals surface area (Å²) in [6, 6.07) is 7.71. The third-order valence-electron chi connectivity index (χ3n) is 2.11. The number of hydrogen-bond donors (Lipinski definition) is 0. The number of aromatic nitrogens is 1. The lowest BCUT2D eigenvalue weighted by Crippen LogP contribution is -1.91. The molecule has 1 heterocycles. The Hall–Kier alpha value is -1.13. The van der Waals surface area contributed by atoms with Crippen LogP contribution in [0.1, 0.15) is 23.0 Å². The first kappa shape index (κ1) is 11.4. The zero-order valence-electron chi connectivity index (χ0n) is 8.84. The molecular weight excluding hydrogens is 238 g/mol. The first-order valence-electron chi connectivity index (χ1n) is 4.86. The molecule has 0 aliphatic heterocycles. The number of rotatable bonds is 4. The second-order valence-corrected chi connectivity index (χ2v) is 5.12. The molecule has 2 nitrogen and oxygen atoms in total. The second-order valence-electron chi connectivity index (χ2n) is 3.35. The van der Waals surface area contributed by atoms with Crippen molar-refractivity contribution in [2.24, 2.45) is 0 Å². The summed E-state index contributed by atoms with van der Waals surface area (Å²) in [7, 11) is 0. The number of hydrogen-bond acceptors (Lipinski definition) is 4. The van der Waals surface area contributed by atoms with E-state index >= 15 is 0 Å². The van der Waals surface area contributed by atoms with Gasteiger partial charge in [0.2, 0.25) is 0 Å². The van der Waals surface area contributed by atoms with Crippen molar-refractivity contribution in [1.29, 1.82) is 0 Å². The van der Waals surface area contributed by atoms with E-state index in [2.05, 4.69) is 4.98 Å². The lowest BCUT2D eigenvalue weighted by Gasteiger charge is -2.01. The molecule has 2 aromatic rings. The summed E-state index contributed by atoms with van der Waals surface area (Å²) in [4.78, 5) is 16.5. The van der Waals surface area contributed by atoms with E-state index in [-0.39, 0.29) is 5.78 Å². The molecule has 0 atom stereocenters. The van der Waals surface area contributed by atoms with Crippen molar-refractivity contribution in [3.63, 3.8) is 0 Å². The van der Waals surface area contributed by atoms with Crippen LogP contribution in [0.15, 0.2) is 40.1 Å². The maximum Gasteiger partial charge on any atom is 0.159 e. The summed E-state index contributed by atoms with van der Waals surface area (Å²) in [5.74, 6) is 0.960. The van der Waals surface area contributed by atoms with Gasteiger partial charge in [-0.1, -0.05) is 12.1 Å². The number of ketones is 1. The lowest BCUT2D eigenvalue weighted by molar-refractivity contribution is 0.101. The number of carbonyl (C=O) groups is 1. The topological polar surface area (TPSA) is 30.0 Å². The third kappa shape index (κ3) is 2.93. The van der Waals surface area contributed by atoms with Crippen LogP contribution >= 0.6 is 23.1 Å². The Kier molecular flexibility index (Phi) is 3.74. The van der Waals surface area contributed by atoms with Gasteiger partial charge >= 0.3 is 0 Å². The van der Waals surface area contributed by atoms with Crippen LogP contribution in [-0.4, -0.2) is 10.8 Å². The van der Waals surface area contributed by atoms with Crippen LogP contribution in [0.3, 0.4) is 0 Å². The van der Waals surface area contributed by atoms with Crippen LogP contribution in [0.4, 0.5) is 0 Å². The molecule has 0 bridgehead atoms. The summed E-state index contributed by atoms with van der Waals surface area (Å²) in [5, 5.41) is 2.04. The van der Waals surface area contributed by atoms with Crippen molar-refractivity contribution in [2.45, 2.75) is 17.6 Å². The molecule has 1 aromatic heterocycles. The lowest BCUT2D eigenvalue weighted by atomic mass is 10.2. The molecule has 0 unspecified atom stereocenters. The van der Waals surface area contributed by atoms with Gasteiger partial charge in [0, 0.05) is 21.6 Å². The van der Waals surface area contributed by atoms with Crippen molar-refractivity contribution in [3.8, 4) is 0 Å². The highest BCUT2D eigenvalue weighted by molar-refractivity contribution is 7.98. The van der Waals surface area contributed by atoms with Crippen molar-refractivity contribution in [2.75, 3.05) is 0 Å². The van der Waals surface area contributed by atoms with Crippen molar-refractivity contribution < 1.29 is 4.79 Å². The van der Waals surface area contributed by atoms with Gasteiger partial charge in [-0.2, -0.15) is 0 Å². The van der Waals surface area contributed by atoms with E-state index in [4.69, 9.17) is 0 Å². The Morgan fingerprint density at radius 1 is 1.50 bits per heavy atom. The number of benzene rings is 1. The maximum atomic E-state index is 11.2. The minimum absolute atomic E-state index is 0.108. The van der Waals surface area contributed by atoms with E-state index in [1.807, 2.05) is 35.2 Å². The third-order valence-corrected chi connectivity index (χ3v) is 3.77. The summed E-state index contributed by atoms with van der Waals surface area (Å²) >= 11 is 3.31. The Morgan fingerprint density at radius 3 is 3.06 bits per heavy atom. The van der Waals surface area contributed by atoms with Gasteiger partial charge in [-0.05, 0) is 19.1 Å². The van der Waals surface area contributed by atoms with Crippen LogP contribution in [0.5, 0.6) is 0 Å². The molecule has 0 saturated heterocycles. The first-order chi connectivity index (χ1) is 7.75. The van der Waals surface area contributed by atoms with Gasteiger partial charge in [-0.3, -0.25) is 4.79 Å². The molecular formula is C12H11NOS2. The smallest absolute Gasteiger partial charge is 0.159 e. The Bertz CT molecular complexity index is 480. The second kappa shape index (κ2) is 5.27. The van der Waals surface area contributed by atoms with E-state index in [0.717, 1.165) is 21.9 Å². The number of thiazole rings is 1. The molecule has 16 heavy (non-hydrogen) atoms. The van der Waals surface area contributed by atoms with Crippen molar-refractivity contribution >= 4 is 28.9 Å². The number of nitrogens with zero attached hydrogens (tertiary/aromatic N) is 1. The van der Waals surface area contributed by atoms with E-state index in [9.17, 15) is 4.79 Å². The van der Waals surface area contributed by atoms with Crippen molar-refractivity contribution in [1.82, 2.24) is 4.98 Å². The standard InChI is InChI=1S/C12H11NOS2/c1-9(14)10-3-2-4-12(5-10)16-7-11-6-15-8-13-11/h2-6,8H,7H2,1H3. The van der Waals surface area contributed by atoms with Crippen LogP contribution in [0.2, 0.25) is 0 Å². The van der Waals surface area contributed by atoms with E-state index in [1.54, 1.807) is 30.0 Å². The largest absolute Gasteiger partial charge is 0.295 e. The molecule has 4 heteroatoms. The summed E-state index contributed by atoms with van der Waals surface area (Å²) in [6.45, 7) is 1.59. The molecule has 0 aliphatic carbocycles. The Labute approximate surface area is 103 Å². The predicted octanol–water partition coefficient (Wildman–Crippen LogP) is 3.64. The molecule has 0 radical (unpaired) electrons. The molecule has 1 aromatic carbocycles. The Balaban J connectivity index is 2.04. The van der Waals surface area contributed by atoms with Gasteiger partial charge in [0.15, 0.2) is 5.78 Å². The van der Waals surface area contributed by atoms with Gasteiger partial charge < -0.3 is 0 Å². The first-order valence-corrected chi connectivity index (χ1v) is 6.79. The van der Waals surface area contributed by atoms with Gasteiger partial charge in [0.25, 0.3) is 0 Å². The minimum Gasteiger partial charge on any atom is -0.295 e. The monoisotopic (exact) mass is 249 g/mol. The fourth-order valence-corrected chi connectivity index (χ4v) is 2.79. The van der Waals surface area contributed by atoms with Crippen molar-refractivity contribution in [3.05, 3.63) is 46.4 Å². The van der Waals surface area contributed by atoms with Crippen LogP contribution in [0, 0.1) is 0 Å². The zero-order valence-corrected chi connectivity index (χ0v) is 10.5. The van der Waals surface area contributed by atoms with Gasteiger partial charge in [-0.25, -0.2) is 4.98 Å².